The van der Waals surface area contributed by atoms with Crippen LogP contribution >= 0.6 is 0 Å². The van der Waals surface area contributed by atoms with Crippen molar-refractivity contribution < 1.29 is 14.7 Å². The van der Waals surface area contributed by atoms with Gasteiger partial charge in [-0.1, -0.05) is 59.7 Å². The van der Waals surface area contributed by atoms with Crippen molar-refractivity contribution in [3.63, 3.8) is 0 Å². The number of carbonyl (C=O) groups is 2. The van der Waals surface area contributed by atoms with Crippen LogP contribution in [0, 0.1) is 13.8 Å². The van der Waals surface area contributed by atoms with Gasteiger partial charge in [-0.3, -0.25) is 9.59 Å². The molecule has 2 heterocycles. The normalized spacial score (nSPS) is 18.0. The van der Waals surface area contributed by atoms with Gasteiger partial charge in [0.15, 0.2) is 0 Å². The van der Waals surface area contributed by atoms with Crippen LogP contribution in [-0.4, -0.2) is 37.8 Å². The molecule has 1 aliphatic heterocycles. The molecule has 4 rings (SSSR count). The summed E-state index contributed by atoms with van der Waals surface area (Å²) in [6.07, 6.45) is 5.96. The van der Waals surface area contributed by atoms with E-state index in [1.165, 1.54) is 0 Å². The second-order valence-electron chi connectivity index (χ2n) is 7.92. The summed E-state index contributed by atoms with van der Waals surface area (Å²) in [5, 5.41) is 11.0. The molecule has 3 aromatic rings. The molecule has 0 saturated carbocycles. The summed E-state index contributed by atoms with van der Waals surface area (Å²) in [6, 6.07) is 14.4. The third-order valence-electron chi connectivity index (χ3n) is 5.63. The summed E-state index contributed by atoms with van der Waals surface area (Å²) in [5.74, 6) is -1.36. The van der Waals surface area contributed by atoms with Gasteiger partial charge in [-0.2, -0.15) is 0 Å². The van der Waals surface area contributed by atoms with Crippen molar-refractivity contribution in [2.75, 3.05) is 6.54 Å². The number of imidazole rings is 1. The maximum Gasteiger partial charge on any atom is 0.295 e. The summed E-state index contributed by atoms with van der Waals surface area (Å²) in [6.45, 7) is 5.01. The molecule has 0 unspecified atom stereocenters. The quantitative estimate of drug-likeness (QED) is 0.375. The molecule has 1 saturated heterocycles. The van der Waals surface area contributed by atoms with E-state index in [9.17, 15) is 14.7 Å². The Bertz CT molecular complexity index is 1110. The molecule has 0 spiro atoms. The number of carbonyl (C=O) groups excluding carboxylic acids is 2. The summed E-state index contributed by atoms with van der Waals surface area (Å²) in [4.78, 5) is 31.6. The molecule has 1 aromatic heterocycles. The minimum Gasteiger partial charge on any atom is -0.507 e. The monoisotopic (exact) mass is 415 g/mol. The van der Waals surface area contributed by atoms with Gasteiger partial charge in [0.25, 0.3) is 11.7 Å². The molecule has 6 nitrogen and oxygen atoms in total. The Morgan fingerprint density at radius 3 is 2.23 bits per heavy atom. The van der Waals surface area contributed by atoms with Gasteiger partial charge in [0, 0.05) is 31.0 Å². The van der Waals surface area contributed by atoms with Crippen LogP contribution in [0.3, 0.4) is 0 Å². The van der Waals surface area contributed by atoms with Gasteiger partial charge in [0.2, 0.25) is 0 Å². The third-order valence-corrected chi connectivity index (χ3v) is 5.63. The molecular weight excluding hydrogens is 390 g/mol. The third kappa shape index (κ3) is 4.14. The predicted octanol–water partition coefficient (Wildman–Crippen LogP) is 4.01. The molecule has 158 valence electrons. The van der Waals surface area contributed by atoms with Crippen molar-refractivity contribution in [2.24, 2.45) is 0 Å². The number of Topliss-reactive ketones (excluding diaryl/α,β-unsaturated/α-hetero) is 1. The number of likely N-dealkylation sites (tertiary alicyclic amines) is 1. The van der Waals surface area contributed by atoms with Crippen molar-refractivity contribution in [3.05, 3.63) is 95.1 Å². The molecule has 6 heteroatoms. The number of amides is 1. The summed E-state index contributed by atoms with van der Waals surface area (Å²) < 4.78 is 1.93. The second-order valence-corrected chi connectivity index (χ2v) is 7.92. The van der Waals surface area contributed by atoms with Gasteiger partial charge in [-0.25, -0.2) is 4.98 Å². The van der Waals surface area contributed by atoms with E-state index in [0.717, 1.165) is 16.7 Å². The van der Waals surface area contributed by atoms with Gasteiger partial charge < -0.3 is 14.6 Å². The minimum absolute atomic E-state index is 0.138. The van der Waals surface area contributed by atoms with Crippen molar-refractivity contribution in [3.8, 4) is 0 Å². The van der Waals surface area contributed by atoms with Crippen LogP contribution in [0.4, 0.5) is 0 Å². The fourth-order valence-electron chi connectivity index (χ4n) is 3.92. The van der Waals surface area contributed by atoms with E-state index >= 15 is 0 Å². The number of rotatable bonds is 6. The molecule has 2 aromatic carbocycles. The molecule has 1 aliphatic rings. The maximum absolute atomic E-state index is 13.0. The Kier molecular flexibility index (Phi) is 5.71. The number of aliphatic hydroxyl groups is 1. The molecule has 31 heavy (non-hydrogen) atoms. The highest BCUT2D eigenvalue weighted by Crippen LogP contribution is 2.39. The molecule has 1 N–H and O–H groups in total. The number of aliphatic hydroxyl groups excluding tert-OH is 1. The van der Waals surface area contributed by atoms with Crippen molar-refractivity contribution in [1.29, 1.82) is 0 Å². The van der Waals surface area contributed by atoms with Crippen molar-refractivity contribution in [2.45, 2.75) is 32.9 Å². The molecule has 0 aliphatic carbocycles. The lowest BCUT2D eigenvalue weighted by Crippen LogP contribution is -2.31. The zero-order valence-corrected chi connectivity index (χ0v) is 17.7. The van der Waals surface area contributed by atoms with Gasteiger partial charge in [-0.15, -0.1) is 0 Å². The fraction of sp³-hybridized carbons (Fsp3) is 0.240. The Balaban J connectivity index is 1.72. The smallest absolute Gasteiger partial charge is 0.295 e. The lowest BCUT2D eigenvalue weighted by Gasteiger charge is -2.25. The van der Waals surface area contributed by atoms with Gasteiger partial charge in [0.1, 0.15) is 5.76 Å². The summed E-state index contributed by atoms with van der Waals surface area (Å²) in [5.41, 5.74) is 3.60. The average Bonchev–Trinajstić information content (AvgIpc) is 3.37. The number of benzene rings is 2. The topological polar surface area (TPSA) is 75.4 Å². The molecule has 1 fully saturated rings. The molecular formula is C25H25N3O3. The minimum atomic E-state index is -0.647. The molecule has 1 amide bonds. The SMILES string of the molecule is Cc1ccc(/C(O)=C2\C(=O)C(=O)N(CCCn3ccnc3)[C@H]2c2ccc(C)cc2)cc1. The lowest BCUT2D eigenvalue weighted by molar-refractivity contribution is -0.139. The largest absolute Gasteiger partial charge is 0.507 e. The number of aromatic nitrogens is 2. The van der Waals surface area contributed by atoms with E-state index in [0.29, 0.717) is 25.1 Å². The van der Waals surface area contributed by atoms with Gasteiger partial charge in [-0.05, 0) is 25.8 Å². The average molecular weight is 415 g/mol. The fourth-order valence-corrected chi connectivity index (χ4v) is 3.92. The van der Waals surface area contributed by atoms with Gasteiger partial charge >= 0.3 is 0 Å². The summed E-state index contributed by atoms with van der Waals surface area (Å²) >= 11 is 0. The number of aryl methyl sites for hydroxylation is 3. The highest BCUT2D eigenvalue weighted by molar-refractivity contribution is 6.46. The molecule has 0 radical (unpaired) electrons. The van der Waals surface area contributed by atoms with E-state index in [4.69, 9.17) is 0 Å². The Morgan fingerprint density at radius 2 is 1.61 bits per heavy atom. The maximum atomic E-state index is 13.0. The Morgan fingerprint density at radius 1 is 0.968 bits per heavy atom. The number of hydrogen-bond donors (Lipinski definition) is 1. The first-order chi connectivity index (χ1) is 15.0. The highest BCUT2D eigenvalue weighted by Gasteiger charge is 2.45. The molecule has 0 bridgehead atoms. The first kappa shape index (κ1) is 20.6. The van der Waals surface area contributed by atoms with Crippen LogP contribution < -0.4 is 0 Å². The van der Waals surface area contributed by atoms with E-state index in [1.807, 2.05) is 61.0 Å². The molecule has 1 atom stereocenters. The standard InChI is InChI=1S/C25H25N3O3/c1-17-4-8-19(9-5-17)22-21(23(29)20-10-6-18(2)7-11-20)24(30)25(31)28(22)14-3-13-27-15-12-26-16-27/h4-12,15-16,22,29H,3,13-14H2,1-2H3/b23-21+/t22-/m0/s1. The van der Waals surface area contributed by atoms with E-state index < -0.39 is 17.7 Å². The highest BCUT2D eigenvalue weighted by atomic mass is 16.3. The number of nitrogens with zero attached hydrogens (tertiary/aromatic N) is 3. The zero-order valence-electron chi connectivity index (χ0n) is 17.7. The van der Waals surface area contributed by atoms with Crippen LogP contribution in [-0.2, 0) is 16.1 Å². The lowest BCUT2D eigenvalue weighted by atomic mass is 9.94. The van der Waals surface area contributed by atoms with E-state index in [-0.39, 0.29) is 11.3 Å². The predicted molar refractivity (Wildman–Crippen MR) is 118 cm³/mol. The number of ketones is 1. The van der Waals surface area contributed by atoms with E-state index in [1.54, 1.807) is 29.6 Å². The second kappa shape index (κ2) is 8.60. The van der Waals surface area contributed by atoms with Crippen molar-refractivity contribution >= 4 is 17.4 Å². The zero-order chi connectivity index (χ0) is 22.0. The van der Waals surface area contributed by atoms with E-state index in [2.05, 4.69) is 4.98 Å². The Hall–Kier alpha value is -3.67. The van der Waals surface area contributed by atoms with Crippen molar-refractivity contribution in [1.82, 2.24) is 14.5 Å². The van der Waals surface area contributed by atoms with Gasteiger partial charge in [0.05, 0.1) is 17.9 Å². The Labute approximate surface area is 181 Å². The van der Waals surface area contributed by atoms with Crippen LogP contribution in [0.2, 0.25) is 0 Å². The van der Waals surface area contributed by atoms with Crippen LogP contribution in [0.5, 0.6) is 0 Å². The first-order valence-electron chi connectivity index (χ1n) is 10.3. The summed E-state index contributed by atoms with van der Waals surface area (Å²) in [7, 11) is 0. The first-order valence-corrected chi connectivity index (χ1v) is 10.3. The van der Waals surface area contributed by atoms with Crippen LogP contribution in [0.25, 0.3) is 5.76 Å². The van der Waals surface area contributed by atoms with Crippen LogP contribution in [0.15, 0.2) is 72.8 Å². The number of hydrogen-bond acceptors (Lipinski definition) is 4. The van der Waals surface area contributed by atoms with Crippen LogP contribution in [0.1, 0.15) is 34.7 Å².